The van der Waals surface area contributed by atoms with Gasteiger partial charge in [0.25, 0.3) is 0 Å². The molecule has 0 unspecified atom stereocenters. The van der Waals surface area contributed by atoms with E-state index in [2.05, 4.69) is 9.47 Å². The van der Waals surface area contributed by atoms with Crippen molar-refractivity contribution in [2.75, 3.05) is 21.3 Å². The van der Waals surface area contributed by atoms with Gasteiger partial charge < -0.3 is 14.2 Å². The lowest BCUT2D eigenvalue weighted by atomic mass is 10.3. The first-order valence-corrected chi connectivity index (χ1v) is 10.8. The van der Waals surface area contributed by atoms with Crippen LogP contribution in [0.5, 0.6) is 17.2 Å². The molecule has 0 bridgehead atoms. The second kappa shape index (κ2) is 9.49. The van der Waals surface area contributed by atoms with E-state index in [1.165, 1.54) is 0 Å². The molecule has 0 spiro atoms. The summed E-state index contributed by atoms with van der Waals surface area (Å²) in [5, 5.41) is 0. The van der Waals surface area contributed by atoms with E-state index in [1.807, 2.05) is 0 Å². The molecular formula is C21H13AlF8O3. The Morgan fingerprint density at radius 2 is 0.909 bits per heavy atom. The summed E-state index contributed by atoms with van der Waals surface area (Å²) >= 11 is -4.30. The lowest BCUT2D eigenvalue weighted by Gasteiger charge is -2.21. The monoisotopic (exact) mass is 492 g/mol. The van der Waals surface area contributed by atoms with Crippen molar-refractivity contribution in [3.8, 4) is 17.2 Å². The van der Waals surface area contributed by atoms with Crippen molar-refractivity contribution in [3.05, 3.63) is 70.8 Å². The normalized spacial score (nSPS) is 10.9. The van der Waals surface area contributed by atoms with Crippen molar-refractivity contribution in [1.82, 2.24) is 0 Å². The molecule has 0 aliphatic carbocycles. The van der Waals surface area contributed by atoms with Gasteiger partial charge in [-0.05, 0) is 14.9 Å². The van der Waals surface area contributed by atoms with Crippen molar-refractivity contribution in [2.45, 2.75) is 0 Å². The lowest BCUT2D eigenvalue weighted by molar-refractivity contribution is 0.357. The van der Waals surface area contributed by atoms with Crippen molar-refractivity contribution < 1.29 is 49.3 Å². The van der Waals surface area contributed by atoms with Gasteiger partial charge in [0.15, 0.2) is 40.6 Å². The molecule has 3 rings (SSSR count). The average Bonchev–Trinajstić information content (AvgIpc) is 2.72. The number of hydrogen-bond acceptors (Lipinski definition) is 3. The highest BCUT2D eigenvalue weighted by Crippen LogP contribution is 2.26. The summed E-state index contributed by atoms with van der Waals surface area (Å²) in [6.45, 7) is 0. The van der Waals surface area contributed by atoms with Crippen LogP contribution in [0.1, 0.15) is 0 Å². The van der Waals surface area contributed by atoms with Gasteiger partial charge in [-0.3, -0.25) is 0 Å². The molecule has 0 saturated heterocycles. The van der Waals surface area contributed by atoms with E-state index >= 15 is 8.78 Å². The summed E-state index contributed by atoms with van der Waals surface area (Å²) in [6, 6.07) is 1.33. The Labute approximate surface area is 186 Å². The summed E-state index contributed by atoms with van der Waals surface area (Å²) in [4.78, 5) is 0. The molecule has 0 aliphatic rings. The Bertz CT molecular complexity index is 1170. The number of hydrogen-bond donors (Lipinski definition) is 0. The number of benzene rings is 3. The first kappa shape index (κ1) is 24.7. The predicted octanol–water partition coefficient (Wildman–Crippen LogP) is 3.34. The number of rotatable bonds is 6. The Kier molecular flexibility index (Phi) is 7.09. The van der Waals surface area contributed by atoms with Crippen LogP contribution in [0.25, 0.3) is 0 Å². The molecule has 33 heavy (non-hydrogen) atoms. The maximum Gasteiger partial charge on any atom is 0.409 e. The van der Waals surface area contributed by atoms with Crippen LogP contribution < -0.4 is 27.5 Å². The van der Waals surface area contributed by atoms with Crippen LogP contribution in [-0.2, 0) is 0 Å². The van der Waals surface area contributed by atoms with Gasteiger partial charge in [-0.15, -0.1) is 0 Å². The molecule has 0 aromatic heterocycles. The number of halogens is 8. The molecular weight excluding hydrogens is 479 g/mol. The third-order valence-electron chi connectivity index (χ3n) is 4.86. The molecule has 3 aromatic carbocycles. The maximum absolute atomic E-state index is 15.2. The Morgan fingerprint density at radius 3 is 1.30 bits per heavy atom. The van der Waals surface area contributed by atoms with E-state index < -0.39 is 91.2 Å². The minimum absolute atomic E-state index is 0.190. The standard InChI is InChI=1S/2C7H4F3O.C7H5F2O.Al/c2*1-11-7-5(9)2-4(8)3-6(7)10;1-10-7-3-2-5(8)4-6(7)9;/h2*2H,1H3;2,4H,1H3;. The van der Waals surface area contributed by atoms with Gasteiger partial charge in [0, 0.05) is 18.2 Å². The molecule has 3 aromatic rings. The first-order chi connectivity index (χ1) is 15.6. The quantitative estimate of drug-likeness (QED) is 0.391. The van der Waals surface area contributed by atoms with Crippen molar-refractivity contribution in [1.29, 1.82) is 0 Å². The van der Waals surface area contributed by atoms with Crippen LogP contribution in [-0.4, -0.2) is 35.5 Å². The Hall–Kier alpha value is -2.97. The van der Waals surface area contributed by atoms with Crippen LogP contribution in [0.4, 0.5) is 35.1 Å². The molecule has 0 fully saturated rings. The number of ether oxygens (including phenoxy) is 3. The molecule has 0 saturated carbocycles. The van der Waals surface area contributed by atoms with E-state index in [-0.39, 0.29) is 12.1 Å². The average molecular weight is 492 g/mol. The summed E-state index contributed by atoms with van der Waals surface area (Å²) in [7, 11) is 2.63. The van der Waals surface area contributed by atoms with Crippen molar-refractivity contribution >= 4 is 27.4 Å². The largest absolute Gasteiger partial charge is 0.495 e. The van der Waals surface area contributed by atoms with Gasteiger partial charge in [-0.2, -0.15) is 0 Å². The number of methoxy groups -OCH3 is 3. The Balaban J connectivity index is 2.56. The fourth-order valence-corrected chi connectivity index (χ4v) is 6.78. The van der Waals surface area contributed by atoms with E-state index in [9.17, 15) is 26.3 Å². The smallest absolute Gasteiger partial charge is 0.409 e. The van der Waals surface area contributed by atoms with Crippen LogP contribution >= 0.6 is 0 Å². The zero-order valence-corrected chi connectivity index (χ0v) is 18.3. The lowest BCUT2D eigenvalue weighted by Crippen LogP contribution is -2.57. The predicted molar refractivity (Wildman–Crippen MR) is 103 cm³/mol. The third kappa shape index (κ3) is 4.20. The molecule has 0 N–H and O–H groups in total. The minimum Gasteiger partial charge on any atom is -0.495 e. The fourth-order valence-electron chi connectivity index (χ4n) is 3.54. The first-order valence-electron chi connectivity index (χ1n) is 9.02. The van der Waals surface area contributed by atoms with Gasteiger partial charge in [-0.1, -0.05) is 4.43 Å². The zero-order chi connectivity index (χ0) is 24.6. The molecule has 0 aliphatic heterocycles. The summed E-state index contributed by atoms with van der Waals surface area (Å²) < 4.78 is 128. The summed E-state index contributed by atoms with van der Waals surface area (Å²) in [5.41, 5.74) is 0. The second-order valence-electron chi connectivity index (χ2n) is 6.65. The third-order valence-corrected chi connectivity index (χ3v) is 8.13. The maximum atomic E-state index is 15.2. The summed E-state index contributed by atoms with van der Waals surface area (Å²) in [5.74, 6) is -15.1. The van der Waals surface area contributed by atoms with Crippen molar-refractivity contribution in [2.24, 2.45) is 0 Å². The highest BCUT2D eigenvalue weighted by atomic mass is 27.2. The van der Waals surface area contributed by atoms with Crippen LogP contribution in [0.2, 0.25) is 0 Å². The van der Waals surface area contributed by atoms with Gasteiger partial charge in [0.05, 0.1) is 21.3 Å². The van der Waals surface area contributed by atoms with E-state index in [0.29, 0.717) is 12.1 Å². The van der Waals surface area contributed by atoms with Gasteiger partial charge >= 0.3 is 14.1 Å². The highest BCUT2D eigenvalue weighted by Gasteiger charge is 2.42. The van der Waals surface area contributed by atoms with E-state index in [1.54, 1.807) is 0 Å². The van der Waals surface area contributed by atoms with Crippen molar-refractivity contribution in [3.63, 3.8) is 0 Å². The SMILES string of the molecule is COc1c(F)cc(F)c[c]1[Al]([c]1c(F)cc(F)c(OC)c1F)[c]1c(F)cc(F)c(OC)c1F. The highest BCUT2D eigenvalue weighted by molar-refractivity contribution is 6.96. The molecule has 0 amide bonds. The minimum atomic E-state index is -4.30. The molecule has 0 radical (unpaired) electrons. The van der Waals surface area contributed by atoms with Gasteiger partial charge in [0.2, 0.25) is 0 Å². The van der Waals surface area contributed by atoms with E-state index in [4.69, 9.17) is 4.74 Å². The fraction of sp³-hybridized carbons (Fsp3) is 0.143. The van der Waals surface area contributed by atoms with Gasteiger partial charge in [0.1, 0.15) is 23.2 Å². The molecule has 0 atom stereocenters. The molecule has 0 heterocycles. The zero-order valence-electron chi connectivity index (χ0n) is 17.1. The summed E-state index contributed by atoms with van der Waals surface area (Å²) in [6.07, 6.45) is 0. The Morgan fingerprint density at radius 1 is 0.515 bits per heavy atom. The van der Waals surface area contributed by atoms with Crippen LogP contribution in [0, 0.1) is 46.5 Å². The second-order valence-corrected chi connectivity index (χ2v) is 9.29. The van der Waals surface area contributed by atoms with Crippen LogP contribution in [0.3, 0.4) is 0 Å². The molecule has 12 heteroatoms. The van der Waals surface area contributed by atoms with E-state index in [0.717, 1.165) is 21.3 Å². The topological polar surface area (TPSA) is 27.7 Å². The van der Waals surface area contributed by atoms with Crippen LogP contribution in [0.15, 0.2) is 24.3 Å². The van der Waals surface area contributed by atoms with Gasteiger partial charge in [-0.25, -0.2) is 35.1 Å². The molecule has 3 nitrogen and oxygen atoms in total. The molecule has 174 valence electrons.